The molecule has 2 atom stereocenters. The second kappa shape index (κ2) is 5.56. The molecule has 1 aromatic rings. The Morgan fingerprint density at radius 2 is 1.95 bits per heavy atom. The van der Waals surface area contributed by atoms with Crippen molar-refractivity contribution in [1.29, 1.82) is 0 Å². The SMILES string of the molecule is CN(Cc1ccc(F)cc1F)C(=O)C1CCC1C(=O)O. The Kier molecular flexibility index (Phi) is 4.01. The molecule has 0 bridgehead atoms. The fourth-order valence-electron chi connectivity index (χ4n) is 2.36. The lowest BCUT2D eigenvalue weighted by Crippen LogP contribution is -2.44. The van der Waals surface area contributed by atoms with Crippen molar-refractivity contribution in [3.05, 3.63) is 35.4 Å². The van der Waals surface area contributed by atoms with E-state index in [0.717, 1.165) is 12.1 Å². The van der Waals surface area contributed by atoms with Crippen LogP contribution >= 0.6 is 0 Å². The fraction of sp³-hybridized carbons (Fsp3) is 0.429. The normalized spacial score (nSPS) is 21.1. The van der Waals surface area contributed by atoms with Gasteiger partial charge in [0.05, 0.1) is 11.8 Å². The van der Waals surface area contributed by atoms with Crippen LogP contribution in [0.25, 0.3) is 0 Å². The van der Waals surface area contributed by atoms with Crippen LogP contribution in [-0.2, 0) is 16.1 Å². The Labute approximate surface area is 115 Å². The maximum atomic E-state index is 13.5. The quantitative estimate of drug-likeness (QED) is 0.920. The number of nitrogens with zero attached hydrogens (tertiary/aromatic N) is 1. The Balaban J connectivity index is 2.03. The first-order chi connectivity index (χ1) is 9.40. The highest BCUT2D eigenvalue weighted by Crippen LogP contribution is 2.35. The van der Waals surface area contributed by atoms with E-state index in [0.29, 0.717) is 12.8 Å². The second-order valence-corrected chi connectivity index (χ2v) is 5.06. The molecule has 2 rings (SSSR count). The number of carboxylic acid groups (broad SMARTS) is 1. The summed E-state index contributed by atoms with van der Waals surface area (Å²) in [5, 5.41) is 8.93. The number of rotatable bonds is 4. The molecule has 1 saturated carbocycles. The number of hydrogen-bond acceptors (Lipinski definition) is 2. The molecule has 0 saturated heterocycles. The number of carbonyl (C=O) groups excluding carboxylic acids is 1. The average Bonchev–Trinajstić information content (AvgIpc) is 2.30. The van der Waals surface area contributed by atoms with Crippen molar-refractivity contribution in [2.45, 2.75) is 19.4 Å². The average molecular weight is 283 g/mol. The molecule has 1 aliphatic carbocycles. The highest BCUT2D eigenvalue weighted by molar-refractivity contribution is 5.86. The maximum absolute atomic E-state index is 13.5. The third-order valence-corrected chi connectivity index (χ3v) is 3.71. The lowest BCUT2D eigenvalue weighted by atomic mass is 9.73. The molecular weight excluding hydrogens is 268 g/mol. The zero-order valence-corrected chi connectivity index (χ0v) is 11.0. The minimum absolute atomic E-state index is 0.00616. The summed E-state index contributed by atoms with van der Waals surface area (Å²) in [7, 11) is 1.49. The molecule has 0 aliphatic heterocycles. The summed E-state index contributed by atoms with van der Waals surface area (Å²) in [5.41, 5.74) is 0.202. The molecule has 6 heteroatoms. The van der Waals surface area contributed by atoms with E-state index < -0.39 is 29.4 Å². The Morgan fingerprint density at radius 1 is 1.30 bits per heavy atom. The van der Waals surface area contributed by atoms with Crippen molar-refractivity contribution in [2.75, 3.05) is 7.05 Å². The second-order valence-electron chi connectivity index (χ2n) is 5.06. The van der Waals surface area contributed by atoms with Crippen LogP contribution in [0.3, 0.4) is 0 Å². The number of carboxylic acids is 1. The van der Waals surface area contributed by atoms with Crippen LogP contribution in [-0.4, -0.2) is 28.9 Å². The fourth-order valence-corrected chi connectivity index (χ4v) is 2.36. The maximum Gasteiger partial charge on any atom is 0.307 e. The van der Waals surface area contributed by atoms with Crippen molar-refractivity contribution < 1.29 is 23.5 Å². The van der Waals surface area contributed by atoms with Gasteiger partial charge in [0.25, 0.3) is 0 Å². The van der Waals surface area contributed by atoms with Crippen molar-refractivity contribution in [3.8, 4) is 0 Å². The van der Waals surface area contributed by atoms with Crippen LogP contribution in [0.15, 0.2) is 18.2 Å². The van der Waals surface area contributed by atoms with Crippen LogP contribution in [0.1, 0.15) is 18.4 Å². The Morgan fingerprint density at radius 3 is 2.45 bits per heavy atom. The standard InChI is InChI=1S/C14H15F2NO3/c1-17(7-8-2-3-9(15)6-12(8)16)13(18)10-4-5-11(10)14(19)20/h2-3,6,10-11H,4-5,7H2,1H3,(H,19,20). The van der Waals surface area contributed by atoms with Crippen LogP contribution in [0.4, 0.5) is 8.78 Å². The molecule has 0 radical (unpaired) electrons. The van der Waals surface area contributed by atoms with E-state index >= 15 is 0 Å². The number of hydrogen-bond donors (Lipinski definition) is 1. The van der Waals surface area contributed by atoms with E-state index in [4.69, 9.17) is 5.11 Å². The van der Waals surface area contributed by atoms with Gasteiger partial charge in [-0.3, -0.25) is 9.59 Å². The molecule has 20 heavy (non-hydrogen) atoms. The molecule has 1 fully saturated rings. The summed E-state index contributed by atoms with van der Waals surface area (Å²) in [6, 6.07) is 3.17. The van der Waals surface area contributed by atoms with Gasteiger partial charge in [-0.15, -0.1) is 0 Å². The first-order valence-electron chi connectivity index (χ1n) is 6.32. The predicted octanol–water partition coefficient (Wildman–Crippen LogP) is 2.03. The van der Waals surface area contributed by atoms with Crippen molar-refractivity contribution >= 4 is 11.9 Å². The van der Waals surface area contributed by atoms with Gasteiger partial charge in [0.15, 0.2) is 0 Å². The van der Waals surface area contributed by atoms with Gasteiger partial charge < -0.3 is 10.0 Å². The minimum atomic E-state index is -0.976. The van der Waals surface area contributed by atoms with E-state index in [1.165, 1.54) is 18.0 Å². The highest BCUT2D eigenvalue weighted by Gasteiger charge is 2.42. The zero-order valence-electron chi connectivity index (χ0n) is 11.0. The van der Waals surface area contributed by atoms with Crippen molar-refractivity contribution in [3.63, 3.8) is 0 Å². The molecule has 1 N–H and O–H groups in total. The zero-order chi connectivity index (χ0) is 14.9. The van der Waals surface area contributed by atoms with Gasteiger partial charge in [-0.25, -0.2) is 8.78 Å². The van der Waals surface area contributed by atoms with E-state index in [1.54, 1.807) is 0 Å². The number of amides is 1. The van der Waals surface area contributed by atoms with Gasteiger partial charge in [0, 0.05) is 25.2 Å². The Hall–Kier alpha value is -1.98. The molecule has 2 unspecified atom stereocenters. The smallest absolute Gasteiger partial charge is 0.307 e. The summed E-state index contributed by atoms with van der Waals surface area (Å²) < 4.78 is 26.3. The lowest BCUT2D eigenvalue weighted by molar-refractivity contribution is -0.156. The largest absolute Gasteiger partial charge is 0.481 e. The predicted molar refractivity (Wildman–Crippen MR) is 66.7 cm³/mol. The minimum Gasteiger partial charge on any atom is -0.481 e. The topological polar surface area (TPSA) is 57.6 Å². The van der Waals surface area contributed by atoms with Gasteiger partial charge in [-0.05, 0) is 18.9 Å². The Bertz CT molecular complexity index is 547. The first kappa shape index (κ1) is 14.4. The van der Waals surface area contributed by atoms with Gasteiger partial charge in [-0.1, -0.05) is 6.07 Å². The molecule has 0 heterocycles. The molecule has 1 aliphatic rings. The lowest BCUT2D eigenvalue weighted by Gasteiger charge is -2.35. The van der Waals surface area contributed by atoms with E-state index in [1.807, 2.05) is 0 Å². The summed E-state index contributed by atoms with van der Waals surface area (Å²) in [5.74, 6) is -3.87. The number of carbonyl (C=O) groups is 2. The molecule has 4 nitrogen and oxygen atoms in total. The molecule has 1 amide bonds. The molecule has 0 aromatic heterocycles. The van der Waals surface area contributed by atoms with E-state index in [9.17, 15) is 18.4 Å². The monoisotopic (exact) mass is 283 g/mol. The van der Waals surface area contributed by atoms with Crippen LogP contribution < -0.4 is 0 Å². The molecule has 108 valence electrons. The highest BCUT2D eigenvalue weighted by atomic mass is 19.1. The summed E-state index contributed by atoms with van der Waals surface area (Å²) in [4.78, 5) is 24.3. The molecular formula is C14H15F2NO3. The number of benzene rings is 1. The van der Waals surface area contributed by atoms with Gasteiger partial charge in [0.1, 0.15) is 11.6 Å². The third kappa shape index (κ3) is 2.79. The van der Waals surface area contributed by atoms with Crippen LogP contribution in [0, 0.1) is 23.5 Å². The first-order valence-corrected chi connectivity index (χ1v) is 6.32. The number of halogens is 2. The number of aliphatic carboxylic acids is 1. The van der Waals surface area contributed by atoms with Crippen molar-refractivity contribution in [2.24, 2.45) is 11.8 Å². The molecule has 0 spiro atoms. The van der Waals surface area contributed by atoms with E-state index in [-0.39, 0.29) is 18.0 Å². The summed E-state index contributed by atoms with van der Waals surface area (Å²) in [6.07, 6.45) is 1.02. The van der Waals surface area contributed by atoms with Gasteiger partial charge >= 0.3 is 5.97 Å². The summed E-state index contributed by atoms with van der Waals surface area (Å²) in [6.45, 7) is -0.00616. The van der Waals surface area contributed by atoms with Crippen LogP contribution in [0.5, 0.6) is 0 Å². The van der Waals surface area contributed by atoms with Gasteiger partial charge in [-0.2, -0.15) is 0 Å². The van der Waals surface area contributed by atoms with Crippen LogP contribution in [0.2, 0.25) is 0 Å². The van der Waals surface area contributed by atoms with Gasteiger partial charge in [0.2, 0.25) is 5.91 Å². The third-order valence-electron chi connectivity index (χ3n) is 3.71. The molecule has 1 aromatic carbocycles. The van der Waals surface area contributed by atoms with Crippen molar-refractivity contribution in [1.82, 2.24) is 4.90 Å². The summed E-state index contributed by atoms with van der Waals surface area (Å²) >= 11 is 0. The van der Waals surface area contributed by atoms with E-state index in [2.05, 4.69) is 0 Å².